The van der Waals surface area contributed by atoms with E-state index in [4.69, 9.17) is 5.11 Å². The van der Waals surface area contributed by atoms with E-state index < -0.39 is 5.97 Å². The van der Waals surface area contributed by atoms with Gasteiger partial charge in [0.15, 0.2) is 5.82 Å². The predicted octanol–water partition coefficient (Wildman–Crippen LogP) is 2.50. The Morgan fingerprint density at radius 2 is 2.24 bits per heavy atom. The van der Waals surface area contributed by atoms with Gasteiger partial charge in [-0.05, 0) is 18.9 Å². The summed E-state index contributed by atoms with van der Waals surface area (Å²) < 4.78 is 1.73. The molecule has 0 atom stereocenters. The first-order chi connectivity index (χ1) is 10.2. The third kappa shape index (κ3) is 3.24. The fourth-order valence-corrected chi connectivity index (χ4v) is 3.35. The third-order valence-electron chi connectivity index (χ3n) is 3.60. The standard InChI is InChI=1S/C14H16N4O2S/c19-14(20)8-21-13-7-11(10-3-1-2-4-10)17-18(13)12-5-6-15-9-16-12/h5-7,9-10H,1-4,8H2,(H,19,20). The van der Waals surface area contributed by atoms with Gasteiger partial charge in [-0.2, -0.15) is 5.10 Å². The largest absolute Gasteiger partial charge is 0.481 e. The zero-order valence-electron chi connectivity index (χ0n) is 11.5. The Labute approximate surface area is 126 Å². The Balaban J connectivity index is 1.93. The average molecular weight is 304 g/mol. The van der Waals surface area contributed by atoms with Gasteiger partial charge in [0.2, 0.25) is 0 Å². The van der Waals surface area contributed by atoms with Gasteiger partial charge in [0.25, 0.3) is 0 Å². The van der Waals surface area contributed by atoms with Gasteiger partial charge in [-0.3, -0.25) is 4.79 Å². The second-order valence-electron chi connectivity index (χ2n) is 5.05. The molecule has 0 spiro atoms. The number of thioether (sulfide) groups is 1. The van der Waals surface area contributed by atoms with E-state index in [1.54, 1.807) is 16.9 Å². The minimum atomic E-state index is -0.835. The van der Waals surface area contributed by atoms with Crippen molar-refractivity contribution < 1.29 is 9.90 Å². The van der Waals surface area contributed by atoms with Crippen LogP contribution < -0.4 is 0 Å². The van der Waals surface area contributed by atoms with Crippen LogP contribution in [0.5, 0.6) is 0 Å². The summed E-state index contributed by atoms with van der Waals surface area (Å²) in [4.78, 5) is 18.9. The van der Waals surface area contributed by atoms with Gasteiger partial charge in [-0.15, -0.1) is 0 Å². The molecule has 110 valence electrons. The number of rotatable bonds is 5. The monoisotopic (exact) mass is 304 g/mol. The summed E-state index contributed by atoms with van der Waals surface area (Å²) in [5.74, 6) is 0.332. The number of aliphatic carboxylic acids is 1. The van der Waals surface area contributed by atoms with E-state index in [0.29, 0.717) is 11.7 Å². The highest BCUT2D eigenvalue weighted by Crippen LogP contribution is 2.35. The second kappa shape index (κ2) is 6.26. The summed E-state index contributed by atoms with van der Waals surface area (Å²) in [6, 6.07) is 3.78. The topological polar surface area (TPSA) is 80.9 Å². The van der Waals surface area contributed by atoms with E-state index in [2.05, 4.69) is 15.1 Å². The van der Waals surface area contributed by atoms with Gasteiger partial charge in [-0.25, -0.2) is 14.6 Å². The van der Waals surface area contributed by atoms with Crippen molar-refractivity contribution in [3.05, 3.63) is 30.4 Å². The van der Waals surface area contributed by atoms with Crippen LogP contribution in [-0.4, -0.2) is 36.6 Å². The third-order valence-corrected chi connectivity index (χ3v) is 4.57. The molecule has 1 fully saturated rings. The molecule has 0 bridgehead atoms. The summed E-state index contributed by atoms with van der Waals surface area (Å²) in [6.45, 7) is 0. The maximum Gasteiger partial charge on any atom is 0.313 e. The van der Waals surface area contributed by atoms with Gasteiger partial charge in [0.05, 0.1) is 11.4 Å². The molecule has 7 heteroatoms. The van der Waals surface area contributed by atoms with Crippen LogP contribution in [0.15, 0.2) is 29.7 Å². The molecule has 0 aromatic carbocycles. The number of carbonyl (C=O) groups is 1. The van der Waals surface area contributed by atoms with Crippen LogP contribution in [-0.2, 0) is 4.79 Å². The van der Waals surface area contributed by atoms with E-state index in [1.165, 1.54) is 30.9 Å². The molecule has 1 N–H and O–H groups in total. The van der Waals surface area contributed by atoms with Gasteiger partial charge < -0.3 is 5.11 Å². The van der Waals surface area contributed by atoms with Gasteiger partial charge in [0, 0.05) is 18.2 Å². The molecule has 2 aromatic rings. The second-order valence-corrected chi connectivity index (χ2v) is 6.05. The fraction of sp³-hybridized carbons (Fsp3) is 0.429. The minimum absolute atomic E-state index is 0.0148. The van der Waals surface area contributed by atoms with Crippen molar-refractivity contribution in [1.29, 1.82) is 0 Å². The quantitative estimate of drug-likeness (QED) is 0.855. The highest BCUT2D eigenvalue weighted by molar-refractivity contribution is 7.99. The van der Waals surface area contributed by atoms with Crippen molar-refractivity contribution in [2.24, 2.45) is 0 Å². The highest BCUT2D eigenvalue weighted by Gasteiger charge is 2.22. The van der Waals surface area contributed by atoms with Gasteiger partial charge in [-0.1, -0.05) is 24.6 Å². The van der Waals surface area contributed by atoms with Crippen molar-refractivity contribution in [2.75, 3.05) is 5.75 Å². The summed E-state index contributed by atoms with van der Waals surface area (Å²) in [5.41, 5.74) is 1.04. The van der Waals surface area contributed by atoms with Crippen molar-refractivity contribution in [1.82, 2.24) is 19.7 Å². The minimum Gasteiger partial charge on any atom is -0.481 e. The Hall–Kier alpha value is -1.89. The Morgan fingerprint density at radius 1 is 1.43 bits per heavy atom. The molecule has 1 aliphatic carbocycles. The molecule has 1 aliphatic rings. The predicted molar refractivity (Wildman–Crippen MR) is 78.7 cm³/mol. The lowest BCUT2D eigenvalue weighted by Crippen LogP contribution is -2.04. The first-order valence-corrected chi connectivity index (χ1v) is 7.93. The molecule has 21 heavy (non-hydrogen) atoms. The van der Waals surface area contributed by atoms with Crippen LogP contribution >= 0.6 is 11.8 Å². The molecular weight excluding hydrogens is 288 g/mol. The number of hydrogen-bond acceptors (Lipinski definition) is 5. The molecule has 2 heterocycles. The molecule has 0 unspecified atom stereocenters. The van der Waals surface area contributed by atoms with Crippen LogP contribution in [0.25, 0.3) is 5.82 Å². The SMILES string of the molecule is O=C(O)CSc1cc(C2CCCC2)nn1-c1ccncn1. The maximum atomic E-state index is 10.8. The van der Waals surface area contributed by atoms with Crippen molar-refractivity contribution in [3.8, 4) is 5.82 Å². The fourth-order valence-electron chi connectivity index (χ4n) is 2.61. The molecule has 1 saturated carbocycles. The zero-order chi connectivity index (χ0) is 14.7. The van der Waals surface area contributed by atoms with E-state index in [1.807, 2.05) is 6.07 Å². The zero-order valence-corrected chi connectivity index (χ0v) is 12.3. The first-order valence-electron chi connectivity index (χ1n) is 6.95. The number of hydrogen-bond donors (Lipinski definition) is 1. The van der Waals surface area contributed by atoms with E-state index in [0.717, 1.165) is 23.6 Å². The average Bonchev–Trinajstić information content (AvgIpc) is 3.15. The lowest BCUT2D eigenvalue weighted by molar-refractivity contribution is -0.133. The molecular formula is C14H16N4O2S. The van der Waals surface area contributed by atoms with Crippen molar-refractivity contribution >= 4 is 17.7 Å². The first kappa shape index (κ1) is 14.1. The molecule has 0 saturated heterocycles. The molecule has 0 amide bonds. The molecule has 3 rings (SSSR count). The van der Waals surface area contributed by atoms with Crippen molar-refractivity contribution in [2.45, 2.75) is 36.6 Å². The van der Waals surface area contributed by atoms with Crippen LogP contribution in [0.2, 0.25) is 0 Å². The summed E-state index contributed by atoms with van der Waals surface area (Å²) in [5, 5.41) is 14.3. The molecule has 6 nitrogen and oxygen atoms in total. The molecule has 0 radical (unpaired) electrons. The number of aromatic nitrogens is 4. The van der Waals surface area contributed by atoms with Gasteiger partial charge in [0.1, 0.15) is 11.4 Å². The van der Waals surface area contributed by atoms with E-state index in [9.17, 15) is 4.79 Å². The van der Waals surface area contributed by atoms with Crippen molar-refractivity contribution in [3.63, 3.8) is 0 Å². The van der Waals surface area contributed by atoms with Crippen LogP contribution in [0.4, 0.5) is 0 Å². The van der Waals surface area contributed by atoms with E-state index >= 15 is 0 Å². The Kier molecular flexibility index (Phi) is 4.19. The lowest BCUT2D eigenvalue weighted by Gasteiger charge is -2.05. The highest BCUT2D eigenvalue weighted by atomic mass is 32.2. The van der Waals surface area contributed by atoms with E-state index in [-0.39, 0.29) is 5.75 Å². The molecule has 0 aliphatic heterocycles. The number of carboxylic acids is 1. The normalized spacial score (nSPS) is 15.4. The van der Waals surface area contributed by atoms with Gasteiger partial charge >= 0.3 is 5.97 Å². The van der Waals surface area contributed by atoms with Crippen LogP contribution in [0.1, 0.15) is 37.3 Å². The van der Waals surface area contributed by atoms with Crippen LogP contribution in [0, 0.1) is 0 Å². The smallest absolute Gasteiger partial charge is 0.313 e. The Morgan fingerprint density at radius 3 is 2.90 bits per heavy atom. The van der Waals surface area contributed by atoms with Crippen LogP contribution in [0.3, 0.4) is 0 Å². The maximum absolute atomic E-state index is 10.8. The molecule has 2 aromatic heterocycles. The summed E-state index contributed by atoms with van der Waals surface area (Å²) in [7, 11) is 0. The number of nitrogens with zero attached hydrogens (tertiary/aromatic N) is 4. The lowest BCUT2D eigenvalue weighted by atomic mass is 10.1. The number of carboxylic acid groups (broad SMARTS) is 1. The Bertz CT molecular complexity index is 623. The summed E-state index contributed by atoms with van der Waals surface area (Å²) >= 11 is 1.27. The summed E-state index contributed by atoms with van der Waals surface area (Å²) in [6.07, 6.45) is 7.92.